The van der Waals surface area contributed by atoms with Gasteiger partial charge in [-0.05, 0) is 19.1 Å². The molecule has 0 spiro atoms. The lowest BCUT2D eigenvalue weighted by Crippen LogP contribution is -2.13. The van der Waals surface area contributed by atoms with Gasteiger partial charge in [0.1, 0.15) is 0 Å². The maximum Gasteiger partial charge on any atom is 0.370 e. The minimum Gasteiger partial charge on any atom is -0.461 e. The average Bonchev–Trinajstić information content (AvgIpc) is 2.78. The Kier molecular flexibility index (Phi) is 3.78. The number of esters is 1. The van der Waals surface area contributed by atoms with Gasteiger partial charge >= 0.3 is 5.97 Å². The number of halogens is 1. The van der Waals surface area contributed by atoms with E-state index in [0.717, 1.165) is 11.0 Å². The Morgan fingerprint density at radius 2 is 2.33 bits per heavy atom. The van der Waals surface area contributed by atoms with Crippen molar-refractivity contribution < 1.29 is 9.53 Å². The van der Waals surface area contributed by atoms with Crippen molar-refractivity contribution in [2.24, 2.45) is 5.10 Å². The first-order chi connectivity index (χ1) is 8.70. The Labute approximate surface area is 108 Å². The van der Waals surface area contributed by atoms with Gasteiger partial charge in [0.2, 0.25) is 11.1 Å². The van der Waals surface area contributed by atoms with Gasteiger partial charge in [0.15, 0.2) is 0 Å². The van der Waals surface area contributed by atoms with Crippen molar-refractivity contribution in [2.75, 3.05) is 12.0 Å². The topological polar surface area (TPSA) is 79.4 Å². The van der Waals surface area contributed by atoms with Crippen LogP contribution in [0.15, 0.2) is 29.4 Å². The number of rotatable bonds is 4. The fraction of sp³-hybridized carbons (Fsp3) is 0.182. The van der Waals surface area contributed by atoms with E-state index in [-0.39, 0.29) is 11.8 Å². The summed E-state index contributed by atoms with van der Waals surface area (Å²) < 4.78 is 4.68. The number of aromatic amines is 1. The number of hydrogen-bond donors (Lipinski definition) is 2. The molecule has 1 aromatic carbocycles. The van der Waals surface area contributed by atoms with Gasteiger partial charge in [-0.2, -0.15) is 5.10 Å². The number of imidazole rings is 1. The Hall–Kier alpha value is -2.08. The summed E-state index contributed by atoms with van der Waals surface area (Å²) >= 11 is 5.63. The van der Waals surface area contributed by atoms with E-state index >= 15 is 0 Å². The molecule has 1 aromatic heterocycles. The maximum absolute atomic E-state index is 11.2. The molecule has 0 aliphatic rings. The molecule has 0 atom stereocenters. The standard InChI is InChI=1S/C11H11ClN4O2/c1-2-18-10(17)9(12)15-16-11-13-7-5-3-4-6-8(7)14-11/h3-6H,2H2,1H3,(H2,13,14,16). The van der Waals surface area contributed by atoms with Gasteiger partial charge in [-0.25, -0.2) is 15.2 Å². The van der Waals surface area contributed by atoms with Crippen LogP contribution in [0.1, 0.15) is 6.92 Å². The van der Waals surface area contributed by atoms with E-state index in [1.165, 1.54) is 0 Å². The van der Waals surface area contributed by atoms with Crippen LogP contribution in [-0.4, -0.2) is 27.7 Å². The highest BCUT2D eigenvalue weighted by Crippen LogP contribution is 2.13. The van der Waals surface area contributed by atoms with Crippen molar-refractivity contribution in [2.45, 2.75) is 6.92 Å². The van der Waals surface area contributed by atoms with Crippen molar-refractivity contribution in [3.63, 3.8) is 0 Å². The summed E-state index contributed by atoms with van der Waals surface area (Å²) in [6, 6.07) is 7.50. The van der Waals surface area contributed by atoms with E-state index in [9.17, 15) is 4.79 Å². The van der Waals surface area contributed by atoms with Gasteiger partial charge in [-0.1, -0.05) is 23.7 Å². The van der Waals surface area contributed by atoms with Crippen LogP contribution < -0.4 is 5.43 Å². The van der Waals surface area contributed by atoms with Crippen molar-refractivity contribution in [1.29, 1.82) is 0 Å². The number of nitrogens with zero attached hydrogens (tertiary/aromatic N) is 2. The molecule has 2 aromatic rings. The number of aromatic nitrogens is 2. The Morgan fingerprint density at radius 3 is 3.06 bits per heavy atom. The average molecular weight is 267 g/mol. The second-order valence-electron chi connectivity index (χ2n) is 3.34. The molecule has 0 saturated carbocycles. The van der Waals surface area contributed by atoms with Gasteiger partial charge in [0, 0.05) is 0 Å². The highest BCUT2D eigenvalue weighted by atomic mass is 35.5. The molecule has 0 radical (unpaired) electrons. The molecule has 0 aliphatic carbocycles. The largest absolute Gasteiger partial charge is 0.461 e. The Bertz CT molecular complexity index is 560. The van der Waals surface area contributed by atoms with Gasteiger partial charge in [0.25, 0.3) is 0 Å². The van der Waals surface area contributed by atoms with Crippen molar-refractivity contribution in [3.05, 3.63) is 24.3 Å². The molecule has 94 valence electrons. The fourth-order valence-corrected chi connectivity index (χ4v) is 1.44. The summed E-state index contributed by atoms with van der Waals surface area (Å²) in [6.45, 7) is 1.93. The van der Waals surface area contributed by atoms with Gasteiger partial charge in [-0.15, -0.1) is 0 Å². The number of para-hydroxylation sites is 2. The molecule has 0 aliphatic heterocycles. The first-order valence-electron chi connectivity index (χ1n) is 5.31. The van der Waals surface area contributed by atoms with Crippen molar-refractivity contribution in [1.82, 2.24) is 9.97 Å². The number of hydrazone groups is 1. The number of carbonyl (C=O) groups is 1. The highest BCUT2D eigenvalue weighted by Gasteiger charge is 2.09. The summed E-state index contributed by atoms with van der Waals surface area (Å²) in [6.07, 6.45) is 0. The second-order valence-corrected chi connectivity index (χ2v) is 3.70. The molecule has 6 nitrogen and oxygen atoms in total. The minimum absolute atomic E-state index is 0.245. The zero-order valence-corrected chi connectivity index (χ0v) is 10.4. The smallest absolute Gasteiger partial charge is 0.370 e. The predicted molar refractivity (Wildman–Crippen MR) is 69.6 cm³/mol. The summed E-state index contributed by atoms with van der Waals surface area (Å²) in [5, 5.41) is 3.39. The van der Waals surface area contributed by atoms with E-state index in [4.69, 9.17) is 11.6 Å². The van der Waals surface area contributed by atoms with Crippen LogP contribution in [0.4, 0.5) is 5.95 Å². The Balaban J connectivity index is 2.09. The first-order valence-corrected chi connectivity index (χ1v) is 5.69. The molecule has 0 unspecified atom stereocenters. The van der Waals surface area contributed by atoms with Crippen LogP contribution in [0.2, 0.25) is 0 Å². The summed E-state index contributed by atoms with van der Waals surface area (Å²) in [5.41, 5.74) is 4.22. The van der Waals surface area contributed by atoms with E-state index in [2.05, 4.69) is 25.2 Å². The number of carbonyl (C=O) groups excluding carboxylic acids is 1. The zero-order chi connectivity index (χ0) is 13.0. The van der Waals surface area contributed by atoms with Crippen LogP contribution in [0.3, 0.4) is 0 Å². The zero-order valence-electron chi connectivity index (χ0n) is 9.61. The molecule has 0 saturated heterocycles. The van der Waals surface area contributed by atoms with Crippen LogP contribution in [0.25, 0.3) is 11.0 Å². The lowest BCUT2D eigenvalue weighted by atomic mass is 10.3. The Morgan fingerprint density at radius 1 is 1.56 bits per heavy atom. The van der Waals surface area contributed by atoms with Gasteiger partial charge < -0.3 is 9.72 Å². The summed E-state index contributed by atoms with van der Waals surface area (Å²) in [5.74, 6) is -0.276. The number of fused-ring (bicyclic) bond motifs is 1. The number of ether oxygens (including phenoxy) is 1. The van der Waals surface area contributed by atoms with Crippen molar-refractivity contribution in [3.8, 4) is 0 Å². The van der Waals surface area contributed by atoms with Gasteiger partial charge in [-0.3, -0.25) is 0 Å². The molecule has 1 heterocycles. The molecule has 0 bridgehead atoms. The number of H-pyrrole nitrogens is 1. The van der Waals surface area contributed by atoms with Crippen LogP contribution in [0.5, 0.6) is 0 Å². The minimum atomic E-state index is -0.678. The van der Waals surface area contributed by atoms with E-state index in [0.29, 0.717) is 5.95 Å². The van der Waals surface area contributed by atoms with Gasteiger partial charge in [0.05, 0.1) is 17.6 Å². The third-order valence-corrected chi connectivity index (χ3v) is 2.33. The summed E-state index contributed by atoms with van der Waals surface area (Å²) in [7, 11) is 0. The lowest BCUT2D eigenvalue weighted by molar-refractivity contribution is -0.134. The third-order valence-electron chi connectivity index (χ3n) is 2.09. The molecular weight excluding hydrogens is 256 g/mol. The normalized spacial score (nSPS) is 11.6. The molecular formula is C11H11ClN4O2. The molecule has 0 amide bonds. The maximum atomic E-state index is 11.2. The molecule has 18 heavy (non-hydrogen) atoms. The van der Waals surface area contributed by atoms with E-state index < -0.39 is 5.97 Å². The molecule has 2 N–H and O–H groups in total. The molecule has 0 fully saturated rings. The number of hydrogen-bond acceptors (Lipinski definition) is 5. The molecule has 7 heteroatoms. The van der Waals surface area contributed by atoms with Crippen LogP contribution in [0, 0.1) is 0 Å². The monoisotopic (exact) mass is 266 g/mol. The summed E-state index contributed by atoms with van der Waals surface area (Å²) in [4.78, 5) is 18.4. The lowest BCUT2D eigenvalue weighted by Gasteiger charge is -1.98. The molecule has 2 rings (SSSR count). The SMILES string of the molecule is CCOC(=O)C(Cl)=NNc1nc2ccccc2[nH]1. The van der Waals surface area contributed by atoms with Crippen LogP contribution in [-0.2, 0) is 9.53 Å². The first kappa shape index (κ1) is 12.4. The number of nitrogens with one attached hydrogen (secondary N) is 2. The predicted octanol–water partition coefficient (Wildman–Crippen LogP) is 2.09. The number of anilines is 1. The van der Waals surface area contributed by atoms with Crippen molar-refractivity contribution >= 4 is 39.7 Å². The fourth-order valence-electron chi connectivity index (χ4n) is 1.34. The third kappa shape index (κ3) is 2.78. The van der Waals surface area contributed by atoms with Crippen LogP contribution >= 0.6 is 11.6 Å². The quantitative estimate of drug-likeness (QED) is 0.504. The van der Waals surface area contributed by atoms with E-state index in [1.807, 2.05) is 24.3 Å². The van der Waals surface area contributed by atoms with E-state index in [1.54, 1.807) is 6.92 Å². The number of benzene rings is 1. The second kappa shape index (κ2) is 5.50. The highest BCUT2D eigenvalue weighted by molar-refractivity contribution is 6.82.